The van der Waals surface area contributed by atoms with Crippen LogP contribution in [0.2, 0.25) is 0 Å². The van der Waals surface area contributed by atoms with E-state index in [1.165, 1.54) is 4.90 Å². The Kier molecular flexibility index (Phi) is 13.9. The monoisotopic (exact) mass is 540 g/mol. The Morgan fingerprint density at radius 3 is 2.05 bits per heavy atom. The second kappa shape index (κ2) is 16.3. The normalized spacial score (nSPS) is 17.3. The lowest BCUT2D eigenvalue weighted by Gasteiger charge is -2.29. The lowest BCUT2D eigenvalue weighted by atomic mass is 10.0. The highest BCUT2D eigenvalue weighted by molar-refractivity contribution is 5.94. The van der Waals surface area contributed by atoms with Crippen molar-refractivity contribution in [2.75, 3.05) is 19.6 Å². The number of hydrogen-bond donors (Lipinski definition) is 8. The predicted octanol–water partition coefficient (Wildman–Crippen LogP) is -2.49. The number of hydrogen-bond acceptors (Lipinski definition) is 7. The molecule has 4 atom stereocenters. The molecule has 216 valence electrons. The van der Waals surface area contributed by atoms with Crippen molar-refractivity contribution in [1.82, 2.24) is 15.5 Å². The van der Waals surface area contributed by atoms with Crippen LogP contribution in [0.5, 0.6) is 0 Å². The largest absolute Gasteiger partial charge is 0.480 e. The van der Waals surface area contributed by atoms with Crippen molar-refractivity contribution in [3.8, 4) is 0 Å². The minimum atomic E-state index is -1.21. The molecule has 38 heavy (non-hydrogen) atoms. The molecule has 0 spiro atoms. The molecule has 1 rings (SSSR count). The van der Waals surface area contributed by atoms with Crippen LogP contribution in [-0.4, -0.2) is 89.4 Å². The summed E-state index contributed by atoms with van der Waals surface area (Å²) < 4.78 is 0. The van der Waals surface area contributed by atoms with E-state index in [1.807, 2.05) is 13.8 Å². The number of amides is 3. The predicted molar refractivity (Wildman–Crippen MR) is 143 cm³/mol. The van der Waals surface area contributed by atoms with Crippen LogP contribution < -0.4 is 39.3 Å². The van der Waals surface area contributed by atoms with E-state index < -0.39 is 42.0 Å². The number of rotatable bonds is 16. The number of nitrogens with zero attached hydrogens (tertiary/aromatic N) is 3. The van der Waals surface area contributed by atoms with Crippen LogP contribution in [0.25, 0.3) is 0 Å². The average Bonchev–Trinajstić information content (AvgIpc) is 3.31. The van der Waals surface area contributed by atoms with E-state index in [2.05, 4.69) is 20.6 Å². The SMILES string of the molecule is CC(C)CC(NC(=O)C1CCCN1C(=O)C(N)CCCN=C(N)N)C(=O)NC(CCCN=C(N)N)C(=O)O. The third kappa shape index (κ3) is 11.6. The Labute approximate surface area is 223 Å². The molecule has 13 N–H and O–H groups in total. The zero-order valence-electron chi connectivity index (χ0n) is 22.3. The Balaban J connectivity index is 2.83. The zero-order valence-corrected chi connectivity index (χ0v) is 22.3. The molecular formula is C23H44N10O5. The Hall–Kier alpha value is -3.62. The number of nitrogens with one attached hydrogen (secondary N) is 2. The number of carbonyl (C=O) groups is 4. The topological polar surface area (TPSA) is 271 Å². The fraction of sp³-hybridized carbons (Fsp3) is 0.739. The summed E-state index contributed by atoms with van der Waals surface area (Å²) in [6.07, 6.45) is 2.61. The Bertz CT molecular complexity index is 871. The van der Waals surface area contributed by atoms with E-state index in [9.17, 15) is 24.3 Å². The summed E-state index contributed by atoms with van der Waals surface area (Å²) in [6, 6.07) is -3.75. The summed E-state index contributed by atoms with van der Waals surface area (Å²) in [6.45, 7) is 4.68. The van der Waals surface area contributed by atoms with Crippen molar-refractivity contribution >= 4 is 35.6 Å². The quantitative estimate of drug-likeness (QED) is 0.0579. The van der Waals surface area contributed by atoms with Crippen molar-refractivity contribution in [2.24, 2.45) is 44.6 Å². The Morgan fingerprint density at radius 1 is 0.947 bits per heavy atom. The van der Waals surface area contributed by atoms with Crippen molar-refractivity contribution in [1.29, 1.82) is 0 Å². The fourth-order valence-electron chi connectivity index (χ4n) is 4.16. The molecule has 1 saturated heterocycles. The summed E-state index contributed by atoms with van der Waals surface area (Å²) in [7, 11) is 0. The summed E-state index contributed by atoms with van der Waals surface area (Å²) >= 11 is 0. The molecule has 0 aromatic carbocycles. The number of carbonyl (C=O) groups excluding carboxylic acids is 3. The molecule has 0 aromatic rings. The van der Waals surface area contributed by atoms with Gasteiger partial charge in [-0.3, -0.25) is 24.4 Å². The summed E-state index contributed by atoms with van der Waals surface area (Å²) in [4.78, 5) is 59.9. The van der Waals surface area contributed by atoms with E-state index >= 15 is 0 Å². The van der Waals surface area contributed by atoms with Gasteiger partial charge in [-0.25, -0.2) is 4.79 Å². The molecule has 3 amide bonds. The second-order valence-corrected chi connectivity index (χ2v) is 9.78. The Morgan fingerprint density at radius 2 is 1.53 bits per heavy atom. The molecule has 15 heteroatoms. The first kappa shape index (κ1) is 32.4. The highest BCUT2D eigenvalue weighted by Gasteiger charge is 2.38. The van der Waals surface area contributed by atoms with Crippen LogP contribution in [0.15, 0.2) is 9.98 Å². The van der Waals surface area contributed by atoms with Gasteiger partial charge >= 0.3 is 5.97 Å². The summed E-state index contributed by atoms with van der Waals surface area (Å²) in [5.41, 5.74) is 27.2. The standard InChI is InChI=1S/C23H44N10O5/c1-13(2)12-16(18(34)31-15(21(37)38)7-4-10-30-23(27)28)32-19(35)17-8-5-11-33(17)20(36)14(24)6-3-9-29-22(25)26/h13-17H,3-12,24H2,1-2H3,(H,31,34)(H,32,35)(H,37,38)(H4,25,26,29)(H4,27,28,30). The van der Waals surface area contributed by atoms with E-state index in [-0.39, 0.29) is 43.1 Å². The summed E-state index contributed by atoms with van der Waals surface area (Å²) in [5.74, 6) is -2.79. The van der Waals surface area contributed by atoms with Gasteiger partial charge in [0, 0.05) is 19.6 Å². The van der Waals surface area contributed by atoms with Crippen molar-refractivity contribution in [3.63, 3.8) is 0 Å². The maximum atomic E-state index is 13.2. The lowest BCUT2D eigenvalue weighted by Crippen LogP contribution is -2.56. The minimum absolute atomic E-state index is 0.0242. The van der Waals surface area contributed by atoms with E-state index in [0.29, 0.717) is 45.2 Å². The first-order valence-electron chi connectivity index (χ1n) is 12.8. The number of aliphatic imine (C=N–C) groups is 2. The van der Waals surface area contributed by atoms with Gasteiger partial charge < -0.3 is 49.3 Å². The van der Waals surface area contributed by atoms with Crippen LogP contribution in [0.4, 0.5) is 0 Å². The van der Waals surface area contributed by atoms with E-state index in [1.54, 1.807) is 0 Å². The van der Waals surface area contributed by atoms with Gasteiger partial charge in [0.2, 0.25) is 17.7 Å². The van der Waals surface area contributed by atoms with Gasteiger partial charge in [-0.15, -0.1) is 0 Å². The molecule has 1 heterocycles. The molecule has 1 aliphatic rings. The van der Waals surface area contributed by atoms with Crippen molar-refractivity contribution in [2.45, 2.75) is 83.0 Å². The van der Waals surface area contributed by atoms with E-state index in [4.69, 9.17) is 28.7 Å². The van der Waals surface area contributed by atoms with Crippen molar-refractivity contribution in [3.05, 3.63) is 0 Å². The second-order valence-electron chi connectivity index (χ2n) is 9.78. The van der Waals surface area contributed by atoms with Gasteiger partial charge in [0.15, 0.2) is 11.9 Å². The number of guanidine groups is 2. The molecular weight excluding hydrogens is 496 g/mol. The average molecular weight is 541 g/mol. The van der Waals surface area contributed by atoms with Crippen LogP contribution in [-0.2, 0) is 19.2 Å². The molecule has 1 aliphatic heterocycles. The zero-order chi connectivity index (χ0) is 28.8. The first-order valence-corrected chi connectivity index (χ1v) is 12.8. The molecule has 15 nitrogen and oxygen atoms in total. The van der Waals surface area contributed by atoms with Crippen LogP contribution >= 0.6 is 0 Å². The first-order chi connectivity index (χ1) is 17.8. The molecule has 0 aromatic heterocycles. The smallest absolute Gasteiger partial charge is 0.326 e. The maximum Gasteiger partial charge on any atom is 0.326 e. The van der Waals surface area contributed by atoms with Crippen LogP contribution in [0.1, 0.15) is 58.8 Å². The van der Waals surface area contributed by atoms with Gasteiger partial charge in [0.25, 0.3) is 0 Å². The molecule has 0 aliphatic carbocycles. The van der Waals surface area contributed by atoms with E-state index in [0.717, 1.165) is 0 Å². The highest BCUT2D eigenvalue weighted by Crippen LogP contribution is 2.20. The number of aliphatic carboxylic acids is 1. The lowest BCUT2D eigenvalue weighted by molar-refractivity contribution is -0.143. The van der Waals surface area contributed by atoms with Crippen LogP contribution in [0.3, 0.4) is 0 Å². The molecule has 0 saturated carbocycles. The number of likely N-dealkylation sites (tertiary alicyclic amines) is 1. The molecule has 0 bridgehead atoms. The number of carboxylic acids is 1. The molecule has 1 fully saturated rings. The van der Waals surface area contributed by atoms with Gasteiger partial charge in [-0.05, 0) is 50.9 Å². The third-order valence-electron chi connectivity index (χ3n) is 6.02. The highest BCUT2D eigenvalue weighted by atomic mass is 16.4. The maximum absolute atomic E-state index is 13.2. The van der Waals surface area contributed by atoms with Crippen molar-refractivity contribution < 1.29 is 24.3 Å². The molecule has 4 unspecified atom stereocenters. The number of nitrogens with two attached hydrogens (primary N) is 5. The third-order valence-corrected chi connectivity index (χ3v) is 6.02. The van der Waals surface area contributed by atoms with Gasteiger partial charge in [0.1, 0.15) is 18.1 Å². The number of carboxylic acid groups (broad SMARTS) is 1. The van der Waals surface area contributed by atoms with Gasteiger partial charge in [-0.1, -0.05) is 13.8 Å². The minimum Gasteiger partial charge on any atom is -0.480 e. The van der Waals surface area contributed by atoms with Crippen LogP contribution in [0, 0.1) is 5.92 Å². The molecule has 0 radical (unpaired) electrons. The van der Waals surface area contributed by atoms with Gasteiger partial charge in [-0.2, -0.15) is 0 Å². The summed E-state index contributed by atoms with van der Waals surface area (Å²) in [5, 5.41) is 14.8. The van der Waals surface area contributed by atoms with Gasteiger partial charge in [0.05, 0.1) is 6.04 Å². The fourth-order valence-corrected chi connectivity index (χ4v) is 4.16.